The van der Waals surface area contributed by atoms with Crippen molar-refractivity contribution in [3.63, 3.8) is 0 Å². The minimum atomic E-state index is -0.423. The number of carbonyl (C=O) groups excluding carboxylic acids is 2. The summed E-state index contributed by atoms with van der Waals surface area (Å²) < 4.78 is 3.30. The summed E-state index contributed by atoms with van der Waals surface area (Å²) in [6, 6.07) is 16.9. The maximum absolute atomic E-state index is 12.8. The molecule has 152 valence electrons. The smallest absolute Gasteiger partial charge is 0.318 e. The van der Waals surface area contributed by atoms with Gasteiger partial charge in [0.1, 0.15) is 5.70 Å². The maximum atomic E-state index is 12.8. The molecule has 1 fully saturated rings. The van der Waals surface area contributed by atoms with Gasteiger partial charge in [-0.2, -0.15) is 0 Å². The van der Waals surface area contributed by atoms with Crippen molar-refractivity contribution in [3.8, 4) is 5.69 Å². The Bertz CT molecular complexity index is 1160. The van der Waals surface area contributed by atoms with E-state index in [1.54, 1.807) is 30.3 Å². The highest BCUT2D eigenvalue weighted by molar-refractivity contribution is 14.1. The highest BCUT2D eigenvalue weighted by Crippen LogP contribution is 2.25. The van der Waals surface area contributed by atoms with Crippen LogP contribution in [-0.4, -0.2) is 21.4 Å². The summed E-state index contributed by atoms with van der Waals surface area (Å²) >= 11 is 8.19. The number of imide groups is 1. The van der Waals surface area contributed by atoms with Gasteiger partial charge in [-0.05, 0) is 96.1 Å². The van der Waals surface area contributed by atoms with Gasteiger partial charge < -0.3 is 9.88 Å². The SMILES string of the molecule is Cc1cc(/C=C2/NC(=O)N(Cc3ccc(Cl)cc3)C2=O)c(C)n1-c1ccc(I)cc1. The van der Waals surface area contributed by atoms with Crippen molar-refractivity contribution in [2.75, 3.05) is 0 Å². The minimum absolute atomic E-state index is 0.195. The van der Waals surface area contributed by atoms with Crippen molar-refractivity contribution in [2.24, 2.45) is 0 Å². The van der Waals surface area contributed by atoms with Crippen LogP contribution in [0.4, 0.5) is 4.79 Å². The summed E-state index contributed by atoms with van der Waals surface area (Å²) in [5, 5.41) is 3.31. The molecule has 0 bridgehead atoms. The number of nitrogens with zero attached hydrogens (tertiary/aromatic N) is 2. The lowest BCUT2D eigenvalue weighted by atomic mass is 10.2. The van der Waals surface area contributed by atoms with Gasteiger partial charge in [-0.1, -0.05) is 23.7 Å². The first-order chi connectivity index (χ1) is 14.3. The van der Waals surface area contributed by atoms with Crippen molar-refractivity contribution >= 4 is 52.2 Å². The number of nitrogens with one attached hydrogen (secondary N) is 1. The zero-order valence-corrected chi connectivity index (χ0v) is 19.4. The summed E-state index contributed by atoms with van der Waals surface area (Å²) in [5.41, 5.74) is 5.11. The van der Waals surface area contributed by atoms with Crippen molar-refractivity contribution in [1.82, 2.24) is 14.8 Å². The zero-order valence-electron chi connectivity index (χ0n) is 16.4. The van der Waals surface area contributed by atoms with Gasteiger partial charge in [0, 0.05) is 25.7 Å². The van der Waals surface area contributed by atoms with Crippen LogP contribution in [0.1, 0.15) is 22.5 Å². The van der Waals surface area contributed by atoms with Gasteiger partial charge in [0.05, 0.1) is 6.54 Å². The second-order valence-corrected chi connectivity index (χ2v) is 8.83. The van der Waals surface area contributed by atoms with Crippen molar-refractivity contribution in [1.29, 1.82) is 0 Å². The molecule has 0 radical (unpaired) electrons. The van der Waals surface area contributed by atoms with Crippen LogP contribution in [0.5, 0.6) is 0 Å². The van der Waals surface area contributed by atoms with Crippen LogP contribution in [0, 0.1) is 17.4 Å². The number of hydrogen-bond donors (Lipinski definition) is 1. The molecule has 3 aromatic rings. The molecule has 2 heterocycles. The van der Waals surface area contributed by atoms with E-state index in [1.807, 2.05) is 19.9 Å². The number of aromatic nitrogens is 1. The molecule has 7 heteroatoms. The normalized spacial score (nSPS) is 15.2. The van der Waals surface area contributed by atoms with E-state index in [4.69, 9.17) is 11.6 Å². The van der Waals surface area contributed by atoms with Crippen molar-refractivity contribution < 1.29 is 9.59 Å². The van der Waals surface area contributed by atoms with Crippen LogP contribution in [0.3, 0.4) is 0 Å². The first-order valence-electron chi connectivity index (χ1n) is 9.37. The summed E-state index contributed by atoms with van der Waals surface area (Å²) in [7, 11) is 0. The van der Waals surface area contributed by atoms with Crippen molar-refractivity contribution in [2.45, 2.75) is 20.4 Å². The van der Waals surface area contributed by atoms with Gasteiger partial charge in [0.25, 0.3) is 5.91 Å². The van der Waals surface area contributed by atoms with Crippen LogP contribution < -0.4 is 5.32 Å². The Balaban J connectivity index is 1.61. The number of hydrogen-bond acceptors (Lipinski definition) is 2. The third-order valence-corrected chi connectivity index (χ3v) is 6.04. The number of amides is 3. The molecule has 0 aliphatic carbocycles. The van der Waals surface area contributed by atoms with E-state index in [2.05, 4.69) is 56.7 Å². The number of aryl methyl sites for hydroxylation is 1. The molecule has 0 spiro atoms. The molecule has 0 atom stereocenters. The Hall–Kier alpha value is -2.58. The molecule has 4 rings (SSSR count). The van der Waals surface area contributed by atoms with Crippen LogP contribution in [0.25, 0.3) is 11.8 Å². The topological polar surface area (TPSA) is 54.3 Å². The molecule has 2 aromatic carbocycles. The molecule has 1 N–H and O–H groups in total. The first kappa shape index (κ1) is 20.7. The molecule has 30 heavy (non-hydrogen) atoms. The van der Waals surface area contributed by atoms with Gasteiger partial charge in [-0.3, -0.25) is 9.69 Å². The molecule has 3 amide bonds. The lowest BCUT2D eigenvalue weighted by Gasteiger charge is -2.11. The second kappa shape index (κ2) is 8.28. The fraction of sp³-hybridized carbons (Fsp3) is 0.130. The molecule has 0 unspecified atom stereocenters. The molecule has 1 saturated heterocycles. The average Bonchev–Trinajstić information content (AvgIpc) is 3.14. The van der Waals surface area contributed by atoms with E-state index < -0.39 is 6.03 Å². The largest absolute Gasteiger partial charge is 0.329 e. The molecule has 5 nitrogen and oxygen atoms in total. The van der Waals surface area contributed by atoms with Gasteiger partial charge in [0.15, 0.2) is 0 Å². The average molecular weight is 532 g/mol. The van der Waals surface area contributed by atoms with Crippen LogP contribution >= 0.6 is 34.2 Å². The van der Waals surface area contributed by atoms with Crippen LogP contribution in [-0.2, 0) is 11.3 Å². The highest BCUT2D eigenvalue weighted by Gasteiger charge is 2.33. The molecule has 1 aliphatic heterocycles. The fourth-order valence-electron chi connectivity index (χ4n) is 3.56. The molecule has 0 saturated carbocycles. The minimum Gasteiger partial charge on any atom is -0.318 e. The fourth-order valence-corrected chi connectivity index (χ4v) is 4.05. The van der Waals surface area contributed by atoms with Gasteiger partial charge in [-0.25, -0.2) is 4.79 Å². The molecular weight excluding hydrogens is 513 g/mol. The summed E-state index contributed by atoms with van der Waals surface area (Å²) in [6.07, 6.45) is 1.74. The number of carbonyl (C=O) groups is 2. The monoisotopic (exact) mass is 531 g/mol. The standard InChI is InChI=1S/C23H19ClIN3O2/c1-14-11-17(15(2)28(14)20-9-7-19(25)8-10-20)12-21-22(29)27(23(30)26-21)13-16-3-5-18(24)6-4-16/h3-12H,13H2,1-2H3,(H,26,30)/b21-12+. The summed E-state index contributed by atoms with van der Waals surface area (Å²) in [4.78, 5) is 26.4. The van der Waals surface area contributed by atoms with Gasteiger partial charge in [0.2, 0.25) is 0 Å². The van der Waals surface area contributed by atoms with E-state index in [9.17, 15) is 9.59 Å². The number of halogens is 2. The third kappa shape index (κ3) is 4.02. The Morgan fingerprint density at radius 2 is 1.70 bits per heavy atom. The Morgan fingerprint density at radius 3 is 2.37 bits per heavy atom. The zero-order chi connectivity index (χ0) is 21.4. The lowest BCUT2D eigenvalue weighted by molar-refractivity contribution is -0.123. The quantitative estimate of drug-likeness (QED) is 0.277. The first-order valence-corrected chi connectivity index (χ1v) is 10.8. The predicted molar refractivity (Wildman–Crippen MR) is 126 cm³/mol. The molecule has 1 aromatic heterocycles. The predicted octanol–water partition coefficient (Wildman–Crippen LogP) is 5.45. The number of benzene rings is 2. The number of urea groups is 1. The summed E-state index contributed by atoms with van der Waals surface area (Å²) in [6.45, 7) is 4.22. The maximum Gasteiger partial charge on any atom is 0.329 e. The Kier molecular flexibility index (Phi) is 5.71. The molecular formula is C23H19ClIN3O2. The lowest BCUT2D eigenvalue weighted by Crippen LogP contribution is -2.30. The van der Waals surface area contributed by atoms with E-state index in [1.165, 1.54) is 8.47 Å². The Morgan fingerprint density at radius 1 is 1.03 bits per heavy atom. The Labute approximate surface area is 193 Å². The van der Waals surface area contributed by atoms with Gasteiger partial charge >= 0.3 is 6.03 Å². The second-order valence-electron chi connectivity index (χ2n) is 7.14. The van der Waals surface area contributed by atoms with Crippen molar-refractivity contribution in [3.05, 3.63) is 91.4 Å². The van der Waals surface area contributed by atoms with E-state index >= 15 is 0 Å². The van der Waals surface area contributed by atoms with Crippen LogP contribution in [0.15, 0.2) is 60.3 Å². The number of rotatable bonds is 4. The van der Waals surface area contributed by atoms with Gasteiger partial charge in [-0.15, -0.1) is 0 Å². The van der Waals surface area contributed by atoms with Crippen LogP contribution in [0.2, 0.25) is 5.02 Å². The summed E-state index contributed by atoms with van der Waals surface area (Å²) in [5.74, 6) is -0.339. The third-order valence-electron chi connectivity index (χ3n) is 5.07. The highest BCUT2D eigenvalue weighted by atomic mass is 127. The van der Waals surface area contributed by atoms with E-state index in [0.717, 1.165) is 28.2 Å². The van der Waals surface area contributed by atoms with E-state index in [0.29, 0.717) is 5.02 Å². The van der Waals surface area contributed by atoms with E-state index in [-0.39, 0.29) is 18.1 Å². The molecule has 1 aliphatic rings.